The fourth-order valence-electron chi connectivity index (χ4n) is 2.08. The van der Waals surface area contributed by atoms with E-state index < -0.39 is 22.8 Å². The zero-order valence-electron chi connectivity index (χ0n) is 10.7. The highest BCUT2D eigenvalue weighted by Crippen LogP contribution is 2.22. The van der Waals surface area contributed by atoms with Gasteiger partial charge in [0.05, 0.1) is 6.61 Å². The molecule has 0 aromatic heterocycles. The molecule has 0 spiro atoms. The van der Waals surface area contributed by atoms with Crippen LogP contribution in [0.4, 0.5) is 0 Å². The van der Waals surface area contributed by atoms with Crippen LogP contribution in [0.1, 0.15) is 18.5 Å². The molecule has 3 atom stereocenters. The quantitative estimate of drug-likeness (QED) is 0.860. The van der Waals surface area contributed by atoms with Crippen LogP contribution in [0.3, 0.4) is 0 Å². The van der Waals surface area contributed by atoms with Gasteiger partial charge in [0, 0.05) is 28.3 Å². The van der Waals surface area contributed by atoms with Gasteiger partial charge in [-0.3, -0.25) is 14.3 Å². The summed E-state index contributed by atoms with van der Waals surface area (Å²) in [5, 5.41) is 12.0. The summed E-state index contributed by atoms with van der Waals surface area (Å²) in [5.74, 6) is 0.433. The van der Waals surface area contributed by atoms with E-state index in [2.05, 4.69) is 5.32 Å². The van der Waals surface area contributed by atoms with Gasteiger partial charge in [0.15, 0.2) is 0 Å². The highest BCUT2D eigenvalue weighted by atomic mass is 32.2. The average molecular weight is 283 g/mol. The summed E-state index contributed by atoms with van der Waals surface area (Å²) in [5.41, 5.74) is 0.933. The van der Waals surface area contributed by atoms with Crippen LogP contribution in [0.25, 0.3) is 0 Å². The molecule has 1 aliphatic heterocycles. The Labute approximate surface area is 114 Å². The molecule has 2 rings (SSSR count). The van der Waals surface area contributed by atoms with Crippen molar-refractivity contribution in [2.45, 2.75) is 19.0 Å². The molecule has 0 saturated carbocycles. The summed E-state index contributed by atoms with van der Waals surface area (Å²) in [4.78, 5) is 11.0. The number of carbonyl (C=O) groups is 1. The SMILES string of the molecule is CCOc1ccc(C2CS(=O)CC(C(=O)O)N2)cc1. The predicted molar refractivity (Wildman–Crippen MR) is 72.8 cm³/mol. The van der Waals surface area contributed by atoms with Gasteiger partial charge in [-0.1, -0.05) is 12.1 Å². The van der Waals surface area contributed by atoms with E-state index in [-0.39, 0.29) is 11.8 Å². The average Bonchev–Trinajstić information content (AvgIpc) is 2.39. The first-order chi connectivity index (χ1) is 9.10. The van der Waals surface area contributed by atoms with Gasteiger partial charge in [0.25, 0.3) is 0 Å². The lowest BCUT2D eigenvalue weighted by Crippen LogP contribution is -2.49. The Balaban J connectivity index is 2.11. The molecular formula is C13H17NO4S. The maximum Gasteiger partial charge on any atom is 0.321 e. The van der Waals surface area contributed by atoms with Gasteiger partial charge in [0.2, 0.25) is 0 Å². The highest BCUT2D eigenvalue weighted by molar-refractivity contribution is 7.85. The monoisotopic (exact) mass is 283 g/mol. The normalized spacial score (nSPS) is 26.9. The van der Waals surface area contributed by atoms with E-state index in [4.69, 9.17) is 9.84 Å². The first-order valence-corrected chi connectivity index (χ1v) is 7.65. The summed E-state index contributed by atoms with van der Waals surface area (Å²) in [7, 11) is -1.10. The van der Waals surface area contributed by atoms with Crippen LogP contribution in [0.5, 0.6) is 5.75 Å². The molecule has 0 bridgehead atoms. The Morgan fingerprint density at radius 3 is 2.68 bits per heavy atom. The number of carboxylic acid groups (broad SMARTS) is 1. The fourth-order valence-corrected chi connectivity index (χ4v) is 3.48. The Morgan fingerprint density at radius 2 is 2.11 bits per heavy atom. The maximum absolute atomic E-state index is 11.7. The van der Waals surface area contributed by atoms with E-state index in [1.807, 2.05) is 31.2 Å². The second-order valence-electron chi connectivity index (χ2n) is 4.39. The number of benzene rings is 1. The van der Waals surface area contributed by atoms with Crippen LogP contribution in [0.15, 0.2) is 24.3 Å². The fraction of sp³-hybridized carbons (Fsp3) is 0.462. The molecule has 19 heavy (non-hydrogen) atoms. The second-order valence-corrected chi connectivity index (χ2v) is 5.93. The Morgan fingerprint density at radius 1 is 1.42 bits per heavy atom. The molecule has 1 aromatic carbocycles. The van der Waals surface area contributed by atoms with Gasteiger partial charge in [-0.15, -0.1) is 0 Å². The van der Waals surface area contributed by atoms with Crippen molar-refractivity contribution in [1.82, 2.24) is 5.32 Å². The third-order valence-corrected chi connectivity index (χ3v) is 4.41. The van der Waals surface area contributed by atoms with E-state index in [0.29, 0.717) is 12.4 Å². The minimum Gasteiger partial charge on any atom is -0.494 e. The molecule has 1 saturated heterocycles. The molecule has 1 fully saturated rings. The molecule has 0 amide bonds. The van der Waals surface area contributed by atoms with Crippen molar-refractivity contribution in [3.05, 3.63) is 29.8 Å². The van der Waals surface area contributed by atoms with Gasteiger partial charge in [0.1, 0.15) is 11.8 Å². The summed E-state index contributed by atoms with van der Waals surface area (Å²) in [6.45, 7) is 2.52. The lowest BCUT2D eigenvalue weighted by Gasteiger charge is -2.28. The van der Waals surface area contributed by atoms with Gasteiger partial charge >= 0.3 is 5.97 Å². The first kappa shape index (κ1) is 14.0. The Kier molecular flexibility index (Phi) is 4.55. The van der Waals surface area contributed by atoms with Crippen molar-refractivity contribution in [3.63, 3.8) is 0 Å². The van der Waals surface area contributed by atoms with Crippen molar-refractivity contribution in [2.24, 2.45) is 0 Å². The number of nitrogens with one attached hydrogen (secondary N) is 1. The first-order valence-electron chi connectivity index (χ1n) is 6.16. The van der Waals surface area contributed by atoms with E-state index in [0.717, 1.165) is 11.3 Å². The largest absolute Gasteiger partial charge is 0.494 e. The Hall–Kier alpha value is -1.40. The summed E-state index contributed by atoms with van der Waals surface area (Å²) >= 11 is 0. The standard InChI is InChI=1S/C13H17NO4S/c1-2-18-10-5-3-9(4-6-10)11-7-19(17)8-12(14-11)13(15)16/h3-6,11-12,14H,2,7-8H2,1H3,(H,15,16). The number of carboxylic acids is 1. The van der Waals surface area contributed by atoms with Crippen molar-refractivity contribution in [3.8, 4) is 5.75 Å². The molecule has 6 heteroatoms. The van der Waals surface area contributed by atoms with Crippen molar-refractivity contribution >= 4 is 16.8 Å². The number of hydrogen-bond donors (Lipinski definition) is 2. The van der Waals surface area contributed by atoms with Gasteiger partial charge in [-0.2, -0.15) is 0 Å². The third-order valence-electron chi connectivity index (χ3n) is 3.00. The molecule has 2 N–H and O–H groups in total. The van der Waals surface area contributed by atoms with Gasteiger partial charge in [-0.05, 0) is 24.6 Å². The molecule has 1 aromatic rings. The molecule has 1 heterocycles. The lowest BCUT2D eigenvalue weighted by molar-refractivity contribution is -0.139. The van der Waals surface area contributed by atoms with Crippen LogP contribution in [-0.2, 0) is 15.6 Å². The Bertz CT molecular complexity index is 474. The second kappa shape index (κ2) is 6.16. The van der Waals surface area contributed by atoms with Gasteiger partial charge in [-0.25, -0.2) is 0 Å². The molecule has 104 valence electrons. The predicted octanol–water partition coefficient (Wildman–Crippen LogP) is 0.931. The molecule has 1 aliphatic rings. The van der Waals surface area contributed by atoms with E-state index >= 15 is 0 Å². The summed E-state index contributed by atoms with van der Waals surface area (Å²) < 4.78 is 17.1. The van der Waals surface area contributed by atoms with E-state index in [1.165, 1.54) is 0 Å². The van der Waals surface area contributed by atoms with Crippen LogP contribution < -0.4 is 10.1 Å². The number of aliphatic carboxylic acids is 1. The summed E-state index contributed by atoms with van der Waals surface area (Å²) in [6.07, 6.45) is 0. The zero-order valence-corrected chi connectivity index (χ0v) is 11.5. The van der Waals surface area contributed by atoms with Gasteiger partial charge < -0.3 is 9.84 Å². The van der Waals surface area contributed by atoms with Crippen LogP contribution in [-0.4, -0.2) is 39.4 Å². The topological polar surface area (TPSA) is 75.6 Å². The molecule has 5 nitrogen and oxygen atoms in total. The lowest BCUT2D eigenvalue weighted by atomic mass is 10.1. The smallest absolute Gasteiger partial charge is 0.321 e. The van der Waals surface area contributed by atoms with E-state index in [9.17, 15) is 9.00 Å². The van der Waals surface area contributed by atoms with Crippen molar-refractivity contribution in [2.75, 3.05) is 18.1 Å². The molecular weight excluding hydrogens is 266 g/mol. The number of ether oxygens (including phenoxy) is 1. The van der Waals surface area contributed by atoms with Crippen LogP contribution in [0, 0.1) is 0 Å². The highest BCUT2D eigenvalue weighted by Gasteiger charge is 2.30. The maximum atomic E-state index is 11.7. The molecule has 3 unspecified atom stereocenters. The van der Waals surface area contributed by atoms with Crippen molar-refractivity contribution in [1.29, 1.82) is 0 Å². The number of hydrogen-bond acceptors (Lipinski definition) is 4. The molecule has 0 radical (unpaired) electrons. The minimum absolute atomic E-state index is 0.170. The number of rotatable bonds is 4. The third kappa shape index (κ3) is 3.54. The van der Waals surface area contributed by atoms with Crippen molar-refractivity contribution < 1.29 is 18.8 Å². The van der Waals surface area contributed by atoms with E-state index in [1.54, 1.807) is 0 Å². The summed E-state index contributed by atoms with van der Waals surface area (Å²) in [6, 6.07) is 6.51. The van der Waals surface area contributed by atoms with Crippen LogP contribution >= 0.6 is 0 Å². The minimum atomic E-state index is -1.10. The zero-order chi connectivity index (χ0) is 13.8. The molecule has 0 aliphatic carbocycles. The van der Waals surface area contributed by atoms with Crippen LogP contribution in [0.2, 0.25) is 0 Å².